The minimum absolute atomic E-state index is 0.435. The Bertz CT molecular complexity index is 612. The summed E-state index contributed by atoms with van der Waals surface area (Å²) >= 11 is 4.33. The monoisotopic (exact) mass is 411 g/mol. The minimum atomic E-state index is 0.435. The van der Waals surface area contributed by atoms with Gasteiger partial charge in [-0.2, -0.15) is 11.8 Å². The van der Waals surface area contributed by atoms with Gasteiger partial charge >= 0.3 is 0 Å². The Morgan fingerprint density at radius 3 is 2.67 bits per heavy atom. The van der Waals surface area contributed by atoms with Crippen LogP contribution < -0.4 is 5.32 Å². The van der Waals surface area contributed by atoms with Gasteiger partial charge in [-0.05, 0) is 41.2 Å². The van der Waals surface area contributed by atoms with Gasteiger partial charge in [0.05, 0.1) is 14.5 Å². The number of benzene rings is 1. The van der Waals surface area contributed by atoms with Crippen LogP contribution in [0.3, 0.4) is 0 Å². The maximum Gasteiger partial charge on any atom is 0.144 e. The molecule has 0 spiro atoms. The number of hydrogen-bond acceptors (Lipinski definition) is 4. The highest BCUT2D eigenvalue weighted by molar-refractivity contribution is 14.1. The summed E-state index contributed by atoms with van der Waals surface area (Å²) in [4.78, 5) is 9.65. The average Bonchev–Trinajstić information content (AvgIpc) is 2.56. The predicted molar refractivity (Wildman–Crippen MR) is 98.8 cm³/mol. The summed E-state index contributed by atoms with van der Waals surface area (Å²) in [7, 11) is 1.93. The zero-order chi connectivity index (χ0) is 14.7. The third-order valence-corrected chi connectivity index (χ3v) is 6.02. The van der Waals surface area contributed by atoms with Crippen LogP contribution in [0, 0.1) is 3.57 Å². The summed E-state index contributed by atoms with van der Waals surface area (Å²) in [5.74, 6) is 3.13. The number of hydrogen-bond donors (Lipinski definition) is 1. The first kappa shape index (κ1) is 15.1. The molecule has 0 saturated carbocycles. The van der Waals surface area contributed by atoms with Crippen molar-refractivity contribution in [2.45, 2.75) is 24.5 Å². The van der Waals surface area contributed by atoms with Crippen LogP contribution in [-0.4, -0.2) is 22.8 Å². The number of thioether (sulfide) groups is 1. The lowest BCUT2D eigenvalue weighted by molar-refractivity contribution is 0.662. The van der Waals surface area contributed by atoms with E-state index in [2.05, 4.69) is 52.2 Å². The van der Waals surface area contributed by atoms with E-state index in [0.717, 1.165) is 26.5 Å². The highest BCUT2D eigenvalue weighted by Gasteiger charge is 2.22. The molecule has 1 saturated heterocycles. The topological polar surface area (TPSA) is 37.8 Å². The summed E-state index contributed by atoms with van der Waals surface area (Å²) < 4.78 is 1.09. The fourth-order valence-electron chi connectivity index (χ4n) is 2.51. The van der Waals surface area contributed by atoms with Crippen LogP contribution in [0.1, 0.15) is 30.3 Å². The van der Waals surface area contributed by atoms with Gasteiger partial charge in [-0.3, -0.25) is 0 Å². The smallest absolute Gasteiger partial charge is 0.144 e. The van der Waals surface area contributed by atoms with E-state index in [4.69, 9.17) is 9.97 Å². The zero-order valence-electron chi connectivity index (χ0n) is 12.0. The quantitative estimate of drug-likeness (QED) is 0.740. The molecule has 0 radical (unpaired) electrons. The van der Waals surface area contributed by atoms with Gasteiger partial charge in [-0.25, -0.2) is 9.97 Å². The molecular formula is C16H18IN3S. The molecule has 0 aliphatic carbocycles. The van der Waals surface area contributed by atoms with E-state index in [1.54, 1.807) is 0 Å². The standard InChI is InChI=1S/C16H18IN3S/c1-18-16-13(17)14(11-7-3-2-4-8-11)19-15(20-16)12-9-5-6-10-21-12/h2-4,7-8,12H,5-6,9-10H2,1H3,(H,18,19,20). The fourth-order valence-corrected chi connectivity index (χ4v) is 4.57. The Labute approximate surface area is 143 Å². The molecule has 0 bridgehead atoms. The van der Waals surface area contributed by atoms with Crippen LogP contribution in [0.4, 0.5) is 5.82 Å². The first-order valence-corrected chi connectivity index (χ1v) is 9.34. The number of halogens is 1. The summed E-state index contributed by atoms with van der Waals surface area (Å²) in [6, 6.07) is 10.4. The van der Waals surface area contributed by atoms with Crippen LogP contribution in [0.15, 0.2) is 30.3 Å². The van der Waals surface area contributed by atoms with Gasteiger partial charge < -0.3 is 5.32 Å². The number of aromatic nitrogens is 2. The van der Waals surface area contributed by atoms with Gasteiger partial charge in [0.15, 0.2) is 0 Å². The largest absolute Gasteiger partial charge is 0.372 e. The second-order valence-electron chi connectivity index (χ2n) is 5.06. The van der Waals surface area contributed by atoms with Gasteiger partial charge in [0.1, 0.15) is 11.6 Å². The highest BCUT2D eigenvalue weighted by Crippen LogP contribution is 2.38. The maximum absolute atomic E-state index is 4.90. The molecule has 1 aromatic carbocycles. The molecule has 0 amide bonds. The molecule has 1 unspecified atom stereocenters. The molecule has 3 rings (SSSR count). The molecule has 1 fully saturated rings. The van der Waals surface area contributed by atoms with Crippen LogP contribution >= 0.6 is 34.4 Å². The molecule has 1 N–H and O–H groups in total. The summed E-state index contributed by atoms with van der Waals surface area (Å²) in [6.45, 7) is 0. The Morgan fingerprint density at radius 2 is 2.00 bits per heavy atom. The molecule has 110 valence electrons. The summed E-state index contributed by atoms with van der Waals surface area (Å²) in [5.41, 5.74) is 2.19. The lowest BCUT2D eigenvalue weighted by Crippen LogP contribution is -2.10. The molecule has 2 heterocycles. The normalized spacial score (nSPS) is 18.5. The van der Waals surface area contributed by atoms with E-state index in [1.807, 2.05) is 24.9 Å². The average molecular weight is 411 g/mol. The van der Waals surface area contributed by atoms with E-state index in [9.17, 15) is 0 Å². The molecular weight excluding hydrogens is 393 g/mol. The molecule has 3 nitrogen and oxygen atoms in total. The van der Waals surface area contributed by atoms with Crippen molar-refractivity contribution in [1.82, 2.24) is 9.97 Å². The lowest BCUT2D eigenvalue weighted by Gasteiger charge is -2.21. The van der Waals surface area contributed by atoms with E-state index in [-0.39, 0.29) is 0 Å². The van der Waals surface area contributed by atoms with Gasteiger partial charge in [0, 0.05) is 12.6 Å². The second kappa shape index (κ2) is 6.96. The molecule has 21 heavy (non-hydrogen) atoms. The Morgan fingerprint density at radius 1 is 1.19 bits per heavy atom. The third kappa shape index (κ3) is 3.34. The first-order chi connectivity index (χ1) is 10.3. The van der Waals surface area contributed by atoms with Crippen molar-refractivity contribution in [1.29, 1.82) is 0 Å². The molecule has 1 aliphatic rings. The van der Waals surface area contributed by atoms with Crippen molar-refractivity contribution >= 4 is 40.2 Å². The van der Waals surface area contributed by atoms with Crippen LogP contribution in [0.2, 0.25) is 0 Å². The molecule has 1 aromatic heterocycles. The van der Waals surface area contributed by atoms with Gasteiger partial charge in [0.25, 0.3) is 0 Å². The maximum atomic E-state index is 4.90. The number of rotatable bonds is 3. The molecule has 1 aliphatic heterocycles. The van der Waals surface area contributed by atoms with E-state index < -0.39 is 0 Å². The van der Waals surface area contributed by atoms with Gasteiger partial charge in [0.2, 0.25) is 0 Å². The fraction of sp³-hybridized carbons (Fsp3) is 0.375. The van der Waals surface area contributed by atoms with E-state index >= 15 is 0 Å². The Kier molecular flexibility index (Phi) is 5.00. The van der Waals surface area contributed by atoms with Crippen molar-refractivity contribution in [3.05, 3.63) is 39.7 Å². The van der Waals surface area contributed by atoms with Crippen molar-refractivity contribution in [3.8, 4) is 11.3 Å². The number of nitrogens with zero attached hydrogens (tertiary/aromatic N) is 2. The number of nitrogens with one attached hydrogen (secondary N) is 1. The SMILES string of the molecule is CNc1nc(C2CCCCS2)nc(-c2ccccc2)c1I. The van der Waals surface area contributed by atoms with Gasteiger partial charge in [-0.1, -0.05) is 36.8 Å². The van der Waals surface area contributed by atoms with Crippen molar-refractivity contribution < 1.29 is 0 Å². The first-order valence-electron chi connectivity index (χ1n) is 7.22. The lowest BCUT2D eigenvalue weighted by atomic mass is 10.1. The zero-order valence-corrected chi connectivity index (χ0v) is 14.9. The van der Waals surface area contributed by atoms with Gasteiger partial charge in [-0.15, -0.1) is 0 Å². The summed E-state index contributed by atoms with van der Waals surface area (Å²) in [6.07, 6.45) is 3.78. The van der Waals surface area contributed by atoms with Crippen LogP contribution in [0.5, 0.6) is 0 Å². The molecule has 2 aromatic rings. The third-order valence-electron chi connectivity index (χ3n) is 3.62. The van der Waals surface area contributed by atoms with Crippen LogP contribution in [0.25, 0.3) is 11.3 Å². The summed E-state index contributed by atoms with van der Waals surface area (Å²) in [5, 5.41) is 3.65. The Hall–Kier alpha value is -0.820. The number of anilines is 1. The second-order valence-corrected chi connectivity index (χ2v) is 7.45. The van der Waals surface area contributed by atoms with Crippen molar-refractivity contribution in [2.75, 3.05) is 18.1 Å². The van der Waals surface area contributed by atoms with Crippen molar-refractivity contribution in [2.24, 2.45) is 0 Å². The predicted octanol–water partition coefficient (Wildman–Crippen LogP) is 4.75. The Balaban J connectivity index is 2.06. The molecule has 1 atom stereocenters. The van der Waals surface area contributed by atoms with Crippen molar-refractivity contribution in [3.63, 3.8) is 0 Å². The van der Waals surface area contributed by atoms with E-state index in [0.29, 0.717) is 5.25 Å². The minimum Gasteiger partial charge on any atom is -0.372 e. The van der Waals surface area contributed by atoms with Crippen LogP contribution in [-0.2, 0) is 0 Å². The highest BCUT2D eigenvalue weighted by atomic mass is 127. The van der Waals surface area contributed by atoms with E-state index in [1.165, 1.54) is 25.0 Å². The molecule has 5 heteroatoms.